The average Bonchev–Trinajstić information content (AvgIpc) is 2.51. The molecule has 0 aromatic heterocycles. The van der Waals surface area contributed by atoms with E-state index in [0.717, 1.165) is 16.7 Å². The molecule has 0 aliphatic carbocycles. The van der Waals surface area contributed by atoms with Gasteiger partial charge in [0.05, 0.1) is 17.5 Å². The van der Waals surface area contributed by atoms with Crippen molar-refractivity contribution in [3.63, 3.8) is 0 Å². The van der Waals surface area contributed by atoms with E-state index in [4.69, 9.17) is 9.47 Å². The molecule has 1 aromatic carbocycles. The van der Waals surface area contributed by atoms with Crippen LogP contribution in [0.3, 0.4) is 0 Å². The highest BCUT2D eigenvalue weighted by Gasteiger charge is 2.13. The van der Waals surface area contributed by atoms with Crippen molar-refractivity contribution in [1.82, 2.24) is 0 Å². The summed E-state index contributed by atoms with van der Waals surface area (Å²) in [4.78, 5) is 11.8. The second kappa shape index (κ2) is 9.52. The van der Waals surface area contributed by atoms with Gasteiger partial charge in [0.15, 0.2) is 0 Å². The van der Waals surface area contributed by atoms with Crippen molar-refractivity contribution in [3.05, 3.63) is 50.9 Å². The van der Waals surface area contributed by atoms with Gasteiger partial charge in [-0.2, -0.15) is 0 Å². The summed E-state index contributed by atoms with van der Waals surface area (Å²) in [7, 11) is 0. The number of benzene rings is 1. The molecule has 0 fully saturated rings. The zero-order chi connectivity index (χ0) is 18.3. The molecule has 0 saturated heterocycles. The fraction of sp³-hybridized carbons (Fsp3) is 0.421. The third-order valence-corrected chi connectivity index (χ3v) is 4.34. The molecule has 1 rings (SSSR count). The minimum atomic E-state index is -0.278. The van der Waals surface area contributed by atoms with E-state index in [1.807, 2.05) is 32.9 Å². The largest absolute Gasteiger partial charge is 0.511 e. The minimum Gasteiger partial charge on any atom is -0.511 e. The van der Waals surface area contributed by atoms with Crippen LogP contribution in [0.2, 0.25) is 0 Å². The fourth-order valence-corrected chi connectivity index (χ4v) is 2.30. The van der Waals surface area contributed by atoms with Crippen LogP contribution in [-0.2, 0) is 16.0 Å². The van der Waals surface area contributed by atoms with Gasteiger partial charge in [0, 0.05) is 12.0 Å². The van der Waals surface area contributed by atoms with Crippen LogP contribution in [-0.4, -0.2) is 17.7 Å². The number of carbonyl (C=O) groups excluding carboxylic acids is 1. The third kappa shape index (κ3) is 6.04. The van der Waals surface area contributed by atoms with Gasteiger partial charge in [-0.3, -0.25) is 4.79 Å². The summed E-state index contributed by atoms with van der Waals surface area (Å²) >= 11 is 3.30. The zero-order valence-electron chi connectivity index (χ0n) is 14.9. The lowest BCUT2D eigenvalue weighted by Gasteiger charge is -2.15. The number of carbonyl (C=O) groups is 1. The summed E-state index contributed by atoms with van der Waals surface area (Å²) in [5.41, 5.74) is 2.97. The number of allylic oxidation sites excluding steroid dienone is 4. The number of halogens is 1. The normalized spacial score (nSPS) is 12.7. The fourth-order valence-electron chi connectivity index (χ4n) is 2.04. The molecule has 0 aliphatic heterocycles. The van der Waals surface area contributed by atoms with Gasteiger partial charge in [0.25, 0.3) is 0 Å². The predicted octanol–water partition coefficient (Wildman–Crippen LogP) is 5.27. The summed E-state index contributed by atoms with van der Waals surface area (Å²) in [6.45, 7) is 9.70. The third-order valence-electron chi connectivity index (χ3n) is 3.54. The number of rotatable bonds is 7. The minimum absolute atomic E-state index is 0.164. The van der Waals surface area contributed by atoms with E-state index in [1.165, 1.54) is 0 Å². The Morgan fingerprint density at radius 2 is 1.88 bits per heavy atom. The van der Waals surface area contributed by atoms with Crippen LogP contribution >= 0.6 is 15.9 Å². The lowest BCUT2D eigenvalue weighted by Crippen LogP contribution is -2.09. The maximum atomic E-state index is 11.8. The number of ether oxygens (including phenoxy) is 2. The maximum Gasteiger partial charge on any atom is 0.310 e. The van der Waals surface area contributed by atoms with Crippen LogP contribution in [0.4, 0.5) is 0 Å². The second-order valence-corrected chi connectivity index (χ2v) is 6.38. The van der Waals surface area contributed by atoms with E-state index < -0.39 is 0 Å². The number of hydrogen-bond donors (Lipinski definition) is 1. The molecule has 24 heavy (non-hydrogen) atoms. The quantitative estimate of drug-likeness (QED) is 0.387. The topological polar surface area (TPSA) is 55.8 Å². The molecule has 5 heteroatoms. The Hall–Kier alpha value is -1.75. The Bertz CT molecular complexity index is 656. The summed E-state index contributed by atoms with van der Waals surface area (Å²) in [5.74, 6) is 1.22. The lowest BCUT2D eigenvalue weighted by molar-refractivity contribution is -0.142. The molecule has 0 spiro atoms. The van der Waals surface area contributed by atoms with Crippen molar-refractivity contribution < 1.29 is 19.4 Å². The first-order chi connectivity index (χ1) is 11.3. The second-order valence-electron chi connectivity index (χ2n) is 5.53. The van der Waals surface area contributed by atoms with Gasteiger partial charge in [-0.1, -0.05) is 13.0 Å². The van der Waals surface area contributed by atoms with E-state index in [0.29, 0.717) is 29.0 Å². The van der Waals surface area contributed by atoms with Crippen molar-refractivity contribution in [2.45, 2.75) is 47.5 Å². The number of aliphatic hydroxyl groups is 1. The molecule has 0 atom stereocenters. The van der Waals surface area contributed by atoms with E-state index in [1.54, 1.807) is 19.9 Å². The standard InChI is InChI=1S/C19H25BrO4/c1-6-16(11-17(20)14(5)21)24-18-9-13(4)12(3)8-15(18)10-19(22)23-7-2/h8-9,11,21H,6-7,10H2,1-5H3/b16-11+,17-14-. The van der Waals surface area contributed by atoms with E-state index >= 15 is 0 Å². The van der Waals surface area contributed by atoms with Crippen LogP contribution in [0.1, 0.15) is 43.9 Å². The zero-order valence-corrected chi connectivity index (χ0v) is 16.5. The Labute approximate surface area is 152 Å². The summed E-state index contributed by atoms with van der Waals surface area (Å²) in [6.07, 6.45) is 2.55. The van der Waals surface area contributed by atoms with Crippen LogP contribution < -0.4 is 4.74 Å². The first kappa shape index (κ1) is 20.3. The summed E-state index contributed by atoms with van der Waals surface area (Å²) in [6, 6.07) is 3.88. The first-order valence-corrected chi connectivity index (χ1v) is 8.77. The molecule has 0 radical (unpaired) electrons. The number of hydrogen-bond acceptors (Lipinski definition) is 4. The molecule has 132 valence electrons. The van der Waals surface area contributed by atoms with Gasteiger partial charge < -0.3 is 14.6 Å². The Balaban J connectivity index is 3.19. The van der Waals surface area contributed by atoms with Crippen molar-refractivity contribution >= 4 is 21.9 Å². The Morgan fingerprint density at radius 1 is 1.25 bits per heavy atom. The highest BCUT2D eigenvalue weighted by atomic mass is 79.9. The molecule has 0 saturated carbocycles. The molecular formula is C19H25BrO4. The van der Waals surface area contributed by atoms with Crippen LogP contribution in [0.25, 0.3) is 0 Å². The highest BCUT2D eigenvalue weighted by Crippen LogP contribution is 2.27. The molecule has 0 amide bonds. The van der Waals surface area contributed by atoms with Crippen molar-refractivity contribution in [3.8, 4) is 5.75 Å². The van der Waals surface area contributed by atoms with Crippen LogP contribution in [0.5, 0.6) is 5.75 Å². The van der Waals surface area contributed by atoms with E-state index in [-0.39, 0.29) is 18.1 Å². The van der Waals surface area contributed by atoms with Crippen LogP contribution in [0, 0.1) is 13.8 Å². The number of aryl methyl sites for hydroxylation is 2. The lowest BCUT2D eigenvalue weighted by atomic mass is 10.0. The van der Waals surface area contributed by atoms with Crippen molar-refractivity contribution in [2.24, 2.45) is 0 Å². The maximum absolute atomic E-state index is 11.8. The first-order valence-electron chi connectivity index (χ1n) is 7.97. The monoisotopic (exact) mass is 396 g/mol. The van der Waals surface area contributed by atoms with Gasteiger partial charge in [0.1, 0.15) is 17.3 Å². The highest BCUT2D eigenvalue weighted by molar-refractivity contribution is 9.11. The van der Waals surface area contributed by atoms with Gasteiger partial charge in [-0.15, -0.1) is 0 Å². The SMILES string of the molecule is CCOC(=O)Cc1cc(C)c(C)cc1O/C(=C/C(Br)=C(\C)O)CC. The molecule has 1 aromatic rings. The summed E-state index contributed by atoms with van der Waals surface area (Å²) in [5, 5.41) is 9.52. The van der Waals surface area contributed by atoms with Gasteiger partial charge in [0.2, 0.25) is 0 Å². The Kier molecular flexibility index (Phi) is 8.05. The van der Waals surface area contributed by atoms with Gasteiger partial charge >= 0.3 is 5.97 Å². The van der Waals surface area contributed by atoms with Crippen LogP contribution in [0.15, 0.2) is 34.2 Å². The average molecular weight is 397 g/mol. The van der Waals surface area contributed by atoms with E-state index in [2.05, 4.69) is 15.9 Å². The molecule has 4 nitrogen and oxygen atoms in total. The summed E-state index contributed by atoms with van der Waals surface area (Å²) < 4.78 is 11.6. The van der Waals surface area contributed by atoms with Crippen molar-refractivity contribution in [1.29, 1.82) is 0 Å². The van der Waals surface area contributed by atoms with Gasteiger partial charge in [-0.25, -0.2) is 0 Å². The molecule has 1 N–H and O–H groups in total. The molecule has 0 bridgehead atoms. The number of aliphatic hydroxyl groups excluding tert-OH is 1. The smallest absolute Gasteiger partial charge is 0.310 e. The molecule has 0 heterocycles. The van der Waals surface area contributed by atoms with E-state index in [9.17, 15) is 9.90 Å². The molecule has 0 aliphatic rings. The number of esters is 1. The van der Waals surface area contributed by atoms with Gasteiger partial charge in [-0.05, 0) is 66.9 Å². The molecule has 0 unspecified atom stereocenters. The Morgan fingerprint density at radius 3 is 2.42 bits per heavy atom. The predicted molar refractivity (Wildman–Crippen MR) is 99.5 cm³/mol. The van der Waals surface area contributed by atoms with Crippen molar-refractivity contribution in [2.75, 3.05) is 6.61 Å². The molecular weight excluding hydrogens is 372 g/mol.